The number of amides is 1. The predicted octanol–water partition coefficient (Wildman–Crippen LogP) is 0.114. The fraction of sp³-hybridized carbons (Fsp3) is 0.273. The number of aromatic amines is 1. The largest absolute Gasteiger partial charge is 0.477 e. The maximum atomic E-state index is 12.1. The van der Waals surface area contributed by atoms with Crippen molar-refractivity contribution in [2.45, 2.75) is 6.54 Å². The number of carbonyl (C=O) groups is 2. The number of carboxylic acid groups (broad SMARTS) is 1. The Balaban J connectivity index is 2.15. The fourth-order valence-corrected chi connectivity index (χ4v) is 1.70. The molecule has 0 aromatic carbocycles. The van der Waals surface area contributed by atoms with Crippen molar-refractivity contribution in [2.24, 2.45) is 7.05 Å². The number of nitrogens with one attached hydrogen (secondary N) is 1. The number of imidazole rings is 1. The lowest BCUT2D eigenvalue weighted by Gasteiger charge is -2.15. The highest BCUT2D eigenvalue weighted by atomic mass is 16.4. The molecule has 0 fully saturated rings. The smallest absolute Gasteiger partial charge is 0.354 e. The molecule has 0 spiro atoms. The highest BCUT2D eigenvalue weighted by Crippen LogP contribution is 2.09. The first-order valence-electron chi connectivity index (χ1n) is 5.48. The second-order valence-electron chi connectivity index (χ2n) is 4.11. The summed E-state index contributed by atoms with van der Waals surface area (Å²) in [7, 11) is 3.36. The van der Waals surface area contributed by atoms with Crippen molar-refractivity contribution in [1.82, 2.24) is 24.6 Å². The average molecular weight is 263 g/mol. The summed E-state index contributed by atoms with van der Waals surface area (Å²) >= 11 is 0. The van der Waals surface area contributed by atoms with Crippen LogP contribution < -0.4 is 0 Å². The van der Waals surface area contributed by atoms with Crippen LogP contribution in [0.3, 0.4) is 0 Å². The van der Waals surface area contributed by atoms with Gasteiger partial charge in [-0.2, -0.15) is 5.10 Å². The molecule has 1 amide bonds. The molecule has 8 heteroatoms. The topological polar surface area (TPSA) is 104 Å². The molecule has 2 aromatic rings. The summed E-state index contributed by atoms with van der Waals surface area (Å²) in [5, 5.41) is 12.9. The first-order valence-corrected chi connectivity index (χ1v) is 5.48. The summed E-state index contributed by atoms with van der Waals surface area (Å²) < 4.78 is 1.63. The van der Waals surface area contributed by atoms with Crippen molar-refractivity contribution >= 4 is 11.9 Å². The van der Waals surface area contributed by atoms with E-state index < -0.39 is 11.9 Å². The zero-order valence-corrected chi connectivity index (χ0v) is 10.5. The summed E-state index contributed by atoms with van der Waals surface area (Å²) in [6.07, 6.45) is 4.62. The second kappa shape index (κ2) is 4.92. The van der Waals surface area contributed by atoms with Crippen molar-refractivity contribution < 1.29 is 14.7 Å². The third-order valence-corrected chi connectivity index (χ3v) is 2.58. The molecule has 0 atom stereocenters. The lowest BCUT2D eigenvalue weighted by Crippen LogP contribution is -2.28. The summed E-state index contributed by atoms with van der Waals surface area (Å²) in [6, 6.07) is 0. The van der Waals surface area contributed by atoms with Crippen LogP contribution in [-0.4, -0.2) is 48.7 Å². The van der Waals surface area contributed by atoms with Gasteiger partial charge in [-0.05, 0) is 0 Å². The van der Waals surface area contributed by atoms with Crippen LogP contribution in [0.1, 0.15) is 26.5 Å². The van der Waals surface area contributed by atoms with E-state index in [1.54, 1.807) is 31.2 Å². The van der Waals surface area contributed by atoms with E-state index in [0.717, 1.165) is 5.56 Å². The number of hydrogen-bond donors (Lipinski definition) is 2. The Kier molecular flexibility index (Phi) is 3.32. The molecule has 2 heterocycles. The van der Waals surface area contributed by atoms with Crippen LogP contribution in [0.5, 0.6) is 0 Å². The van der Waals surface area contributed by atoms with E-state index in [4.69, 9.17) is 5.11 Å². The monoisotopic (exact) mass is 263 g/mol. The minimum atomic E-state index is -1.21. The molecule has 2 aromatic heterocycles. The number of aromatic carboxylic acids is 1. The van der Waals surface area contributed by atoms with Gasteiger partial charge in [0.25, 0.3) is 5.91 Å². The number of hydrogen-bond acceptors (Lipinski definition) is 4. The lowest BCUT2D eigenvalue weighted by molar-refractivity contribution is 0.0674. The molecule has 2 rings (SSSR count). The Bertz CT molecular complexity index is 615. The van der Waals surface area contributed by atoms with E-state index in [1.165, 1.54) is 11.2 Å². The molecule has 0 aliphatic heterocycles. The molecule has 0 unspecified atom stereocenters. The van der Waals surface area contributed by atoms with E-state index in [-0.39, 0.29) is 11.4 Å². The zero-order valence-electron chi connectivity index (χ0n) is 10.5. The lowest BCUT2D eigenvalue weighted by atomic mass is 10.2. The molecule has 2 N–H and O–H groups in total. The Morgan fingerprint density at radius 3 is 2.84 bits per heavy atom. The van der Waals surface area contributed by atoms with Crippen molar-refractivity contribution in [3.63, 3.8) is 0 Å². The number of rotatable bonds is 4. The third-order valence-electron chi connectivity index (χ3n) is 2.58. The number of carboxylic acids is 1. The first kappa shape index (κ1) is 12.8. The van der Waals surface area contributed by atoms with E-state index in [0.29, 0.717) is 6.54 Å². The minimum absolute atomic E-state index is 0.0982. The van der Waals surface area contributed by atoms with E-state index in [9.17, 15) is 9.59 Å². The number of carbonyl (C=O) groups excluding carboxylic acids is 1. The number of aromatic nitrogens is 4. The van der Waals surface area contributed by atoms with Crippen LogP contribution in [0.4, 0.5) is 0 Å². The Morgan fingerprint density at radius 2 is 2.26 bits per heavy atom. The first-order chi connectivity index (χ1) is 8.99. The molecular weight excluding hydrogens is 250 g/mol. The highest BCUT2D eigenvalue weighted by Gasteiger charge is 2.22. The van der Waals surface area contributed by atoms with Gasteiger partial charge in [-0.1, -0.05) is 0 Å². The number of aryl methyl sites for hydroxylation is 1. The van der Waals surface area contributed by atoms with Gasteiger partial charge in [-0.25, -0.2) is 9.78 Å². The summed E-state index contributed by atoms with van der Waals surface area (Å²) in [6.45, 7) is 0.332. The maximum absolute atomic E-state index is 12.1. The zero-order chi connectivity index (χ0) is 14.0. The fourth-order valence-electron chi connectivity index (χ4n) is 1.70. The normalized spacial score (nSPS) is 10.4. The highest BCUT2D eigenvalue weighted by molar-refractivity contribution is 6.02. The van der Waals surface area contributed by atoms with Crippen LogP contribution in [-0.2, 0) is 13.6 Å². The molecule has 0 aliphatic rings. The molecular formula is C11H13N5O3. The quantitative estimate of drug-likeness (QED) is 0.815. The van der Waals surface area contributed by atoms with Crippen LogP contribution >= 0.6 is 0 Å². The van der Waals surface area contributed by atoms with Gasteiger partial charge in [0, 0.05) is 32.4 Å². The van der Waals surface area contributed by atoms with Gasteiger partial charge < -0.3 is 15.0 Å². The van der Waals surface area contributed by atoms with Crippen LogP contribution in [0.25, 0.3) is 0 Å². The van der Waals surface area contributed by atoms with E-state index >= 15 is 0 Å². The molecule has 100 valence electrons. The standard InChI is InChI=1S/C11H13N5O3/c1-15(4-7-3-14-16(2)5-7)10(17)8-9(11(18)19)13-6-12-8/h3,5-6H,4H2,1-2H3,(H,12,13)(H,18,19). The second-order valence-corrected chi connectivity index (χ2v) is 4.11. The Hall–Kier alpha value is -2.64. The summed E-state index contributed by atoms with van der Waals surface area (Å²) in [5.74, 6) is -1.67. The van der Waals surface area contributed by atoms with E-state index in [1.807, 2.05) is 0 Å². The van der Waals surface area contributed by atoms with Gasteiger partial charge >= 0.3 is 5.97 Å². The molecule has 8 nitrogen and oxygen atoms in total. The van der Waals surface area contributed by atoms with Gasteiger partial charge in [0.2, 0.25) is 0 Å². The third kappa shape index (κ3) is 2.62. The SMILES string of the molecule is CN(Cc1cnn(C)c1)C(=O)c1nc[nH]c1C(=O)O. The average Bonchev–Trinajstić information content (AvgIpc) is 2.97. The molecule has 0 radical (unpaired) electrons. The van der Waals surface area contributed by atoms with Gasteiger partial charge in [-0.15, -0.1) is 0 Å². The maximum Gasteiger partial charge on any atom is 0.354 e. The van der Waals surface area contributed by atoms with Gasteiger partial charge in [-0.3, -0.25) is 9.48 Å². The van der Waals surface area contributed by atoms with E-state index in [2.05, 4.69) is 15.1 Å². The van der Waals surface area contributed by atoms with Crippen molar-refractivity contribution in [1.29, 1.82) is 0 Å². The molecule has 0 saturated heterocycles. The van der Waals surface area contributed by atoms with Crippen molar-refractivity contribution in [3.8, 4) is 0 Å². The van der Waals surface area contributed by atoms with Crippen LogP contribution in [0.15, 0.2) is 18.7 Å². The summed E-state index contributed by atoms with van der Waals surface area (Å²) in [5.41, 5.74) is 0.549. The van der Waals surface area contributed by atoms with Crippen molar-refractivity contribution in [2.75, 3.05) is 7.05 Å². The summed E-state index contributed by atoms with van der Waals surface area (Å²) in [4.78, 5) is 30.6. The molecule has 0 aliphatic carbocycles. The molecule has 19 heavy (non-hydrogen) atoms. The number of H-pyrrole nitrogens is 1. The minimum Gasteiger partial charge on any atom is -0.477 e. The van der Waals surface area contributed by atoms with Crippen LogP contribution in [0.2, 0.25) is 0 Å². The predicted molar refractivity (Wildman–Crippen MR) is 64.6 cm³/mol. The Labute approximate surface area is 108 Å². The van der Waals surface area contributed by atoms with Gasteiger partial charge in [0.05, 0.1) is 12.5 Å². The number of nitrogens with zero attached hydrogens (tertiary/aromatic N) is 4. The van der Waals surface area contributed by atoms with Gasteiger partial charge in [0.15, 0.2) is 11.4 Å². The Morgan fingerprint density at radius 1 is 1.53 bits per heavy atom. The molecule has 0 bridgehead atoms. The van der Waals surface area contributed by atoms with Crippen molar-refractivity contribution in [3.05, 3.63) is 35.7 Å². The van der Waals surface area contributed by atoms with Crippen LogP contribution in [0, 0.1) is 0 Å². The van der Waals surface area contributed by atoms with Gasteiger partial charge in [0.1, 0.15) is 0 Å². The molecule has 0 saturated carbocycles.